The molecule has 2 rings (SSSR count). The van der Waals surface area contributed by atoms with E-state index in [0.29, 0.717) is 24.3 Å². The number of hydrogen-bond donors (Lipinski definition) is 1. The van der Waals surface area contributed by atoms with Gasteiger partial charge in [0.1, 0.15) is 18.1 Å². The highest BCUT2D eigenvalue weighted by molar-refractivity contribution is 5.85. The van der Waals surface area contributed by atoms with Crippen molar-refractivity contribution in [3.05, 3.63) is 59.4 Å². The van der Waals surface area contributed by atoms with Crippen LogP contribution in [0.25, 0.3) is 0 Å². The van der Waals surface area contributed by atoms with E-state index < -0.39 is 0 Å². The van der Waals surface area contributed by atoms with Gasteiger partial charge in [-0.1, -0.05) is 30.3 Å². The molecule has 0 aliphatic rings. The topological polar surface area (TPSA) is 59.4 Å². The molecule has 0 aliphatic heterocycles. The Morgan fingerprint density at radius 2 is 1.89 bits per heavy atom. The quantitative estimate of drug-likeness (QED) is 0.854. The number of benzene rings is 1. The van der Waals surface area contributed by atoms with Crippen LogP contribution in [0.3, 0.4) is 0 Å². The molecular formula is C14H14ClNO3. The van der Waals surface area contributed by atoms with Crippen LogP contribution in [0.4, 0.5) is 0 Å². The number of aliphatic hydroxyl groups is 1. The Morgan fingerprint density at radius 1 is 1.16 bits per heavy atom. The molecule has 1 heterocycles. The molecular weight excluding hydrogens is 266 g/mol. The Hall–Kier alpha value is -1.91. The van der Waals surface area contributed by atoms with Gasteiger partial charge in [0.05, 0.1) is 12.3 Å². The highest BCUT2D eigenvalue weighted by Gasteiger charge is 2.06. The first-order chi connectivity index (χ1) is 8.83. The van der Waals surface area contributed by atoms with Crippen LogP contribution in [-0.4, -0.2) is 16.4 Å². The first-order valence-corrected chi connectivity index (χ1v) is 5.56. The highest BCUT2D eigenvalue weighted by atomic mass is 35.5. The number of carbonyl (C=O) groups excluding carboxylic acids is 1. The van der Waals surface area contributed by atoms with E-state index in [9.17, 15) is 4.79 Å². The van der Waals surface area contributed by atoms with E-state index in [1.54, 1.807) is 12.1 Å². The zero-order valence-electron chi connectivity index (χ0n) is 10.2. The van der Waals surface area contributed by atoms with Gasteiger partial charge in [0, 0.05) is 0 Å². The highest BCUT2D eigenvalue weighted by Crippen LogP contribution is 2.17. The predicted molar refractivity (Wildman–Crippen MR) is 73.6 cm³/mol. The number of nitrogens with zero attached hydrogens (tertiary/aromatic N) is 1. The number of halogens is 1. The van der Waals surface area contributed by atoms with Crippen molar-refractivity contribution in [1.29, 1.82) is 0 Å². The summed E-state index contributed by atoms with van der Waals surface area (Å²) in [6.45, 7) is 0.182. The molecule has 0 radical (unpaired) electrons. The molecule has 4 nitrogen and oxygen atoms in total. The van der Waals surface area contributed by atoms with Crippen molar-refractivity contribution in [2.45, 2.75) is 13.2 Å². The van der Waals surface area contributed by atoms with E-state index in [2.05, 4.69) is 4.98 Å². The van der Waals surface area contributed by atoms with Crippen LogP contribution in [0.5, 0.6) is 5.75 Å². The van der Waals surface area contributed by atoms with Crippen molar-refractivity contribution in [3.63, 3.8) is 0 Å². The molecule has 0 fully saturated rings. The molecule has 0 aliphatic carbocycles. The lowest BCUT2D eigenvalue weighted by Crippen LogP contribution is -2.02. The summed E-state index contributed by atoms with van der Waals surface area (Å²) in [7, 11) is 0. The number of rotatable bonds is 5. The smallest absolute Gasteiger partial charge is 0.172 e. The zero-order chi connectivity index (χ0) is 12.8. The lowest BCUT2D eigenvalue weighted by atomic mass is 10.2. The third-order valence-electron chi connectivity index (χ3n) is 2.45. The van der Waals surface area contributed by atoms with Crippen molar-refractivity contribution in [1.82, 2.24) is 4.98 Å². The van der Waals surface area contributed by atoms with Gasteiger partial charge in [-0.3, -0.25) is 4.79 Å². The third-order valence-corrected chi connectivity index (χ3v) is 2.45. The molecule has 1 aromatic carbocycles. The van der Waals surface area contributed by atoms with Crippen LogP contribution >= 0.6 is 12.4 Å². The second-order valence-corrected chi connectivity index (χ2v) is 3.74. The van der Waals surface area contributed by atoms with E-state index >= 15 is 0 Å². The second-order valence-electron chi connectivity index (χ2n) is 3.74. The Morgan fingerprint density at radius 3 is 2.53 bits per heavy atom. The largest absolute Gasteiger partial charge is 0.487 e. The molecule has 1 aromatic heterocycles. The number of hydrogen-bond acceptors (Lipinski definition) is 4. The summed E-state index contributed by atoms with van der Waals surface area (Å²) in [6, 6.07) is 12.9. The van der Waals surface area contributed by atoms with Gasteiger partial charge in [-0.25, -0.2) is 4.98 Å². The summed E-state index contributed by atoms with van der Waals surface area (Å²) in [5.74, 6) is 0.422. The van der Waals surface area contributed by atoms with Gasteiger partial charge in [0.25, 0.3) is 0 Å². The maximum Gasteiger partial charge on any atom is 0.172 e. The van der Waals surface area contributed by atoms with Crippen molar-refractivity contribution >= 4 is 18.7 Å². The predicted octanol–water partition coefficient (Wildman–Crippen LogP) is 2.39. The molecule has 0 amide bonds. The molecule has 2 aromatic rings. The van der Waals surface area contributed by atoms with Gasteiger partial charge in [0.2, 0.25) is 0 Å². The molecule has 100 valence electrons. The van der Waals surface area contributed by atoms with E-state index in [4.69, 9.17) is 9.84 Å². The zero-order valence-corrected chi connectivity index (χ0v) is 11.0. The SMILES string of the molecule is Cl.O=Cc1nc(CO)ccc1OCc1ccccc1. The number of pyridine rings is 1. The molecule has 1 N–H and O–H groups in total. The maximum absolute atomic E-state index is 10.9. The summed E-state index contributed by atoms with van der Waals surface area (Å²) in [5.41, 5.74) is 1.67. The number of aliphatic hydroxyl groups excluding tert-OH is 1. The molecule has 0 spiro atoms. The number of ether oxygens (including phenoxy) is 1. The number of aromatic nitrogens is 1. The molecule has 0 saturated heterocycles. The van der Waals surface area contributed by atoms with Crippen LogP contribution in [-0.2, 0) is 13.2 Å². The van der Waals surface area contributed by atoms with Crippen LogP contribution in [0.15, 0.2) is 42.5 Å². The summed E-state index contributed by atoms with van der Waals surface area (Å²) in [6.07, 6.45) is 0.624. The van der Waals surface area contributed by atoms with Gasteiger partial charge < -0.3 is 9.84 Å². The van der Waals surface area contributed by atoms with Gasteiger partial charge in [-0.2, -0.15) is 0 Å². The van der Waals surface area contributed by atoms with E-state index in [1.807, 2.05) is 30.3 Å². The fourth-order valence-corrected chi connectivity index (χ4v) is 1.53. The minimum absolute atomic E-state index is 0. The fraction of sp³-hybridized carbons (Fsp3) is 0.143. The second kappa shape index (κ2) is 7.51. The van der Waals surface area contributed by atoms with Crippen LogP contribution in [0.2, 0.25) is 0 Å². The molecule has 19 heavy (non-hydrogen) atoms. The summed E-state index contributed by atoms with van der Waals surface area (Å²) >= 11 is 0. The minimum atomic E-state index is -0.195. The lowest BCUT2D eigenvalue weighted by molar-refractivity contribution is 0.111. The monoisotopic (exact) mass is 279 g/mol. The van der Waals surface area contributed by atoms with Crippen molar-refractivity contribution in [2.75, 3.05) is 0 Å². The summed E-state index contributed by atoms with van der Waals surface area (Å²) in [4.78, 5) is 14.9. The van der Waals surface area contributed by atoms with Crippen LogP contribution in [0, 0.1) is 0 Å². The standard InChI is InChI=1S/C14H13NO3.ClH/c16-8-12-6-7-14(13(9-17)15-12)18-10-11-4-2-1-3-5-11;/h1-7,9,16H,8,10H2;1H. The van der Waals surface area contributed by atoms with E-state index in [0.717, 1.165) is 5.56 Å². The molecule has 0 unspecified atom stereocenters. The van der Waals surface area contributed by atoms with Crippen molar-refractivity contribution < 1.29 is 14.6 Å². The Bertz CT molecular complexity index is 531. The lowest BCUT2D eigenvalue weighted by Gasteiger charge is -2.08. The van der Waals surface area contributed by atoms with Crippen LogP contribution < -0.4 is 4.74 Å². The van der Waals surface area contributed by atoms with Crippen molar-refractivity contribution in [2.24, 2.45) is 0 Å². The van der Waals surface area contributed by atoms with Gasteiger partial charge in [-0.05, 0) is 17.7 Å². The molecule has 0 saturated carbocycles. The number of carbonyl (C=O) groups is 1. The third kappa shape index (κ3) is 4.05. The first kappa shape index (κ1) is 15.1. The Labute approximate surface area is 117 Å². The average Bonchev–Trinajstić information content (AvgIpc) is 2.46. The number of aldehydes is 1. The Kier molecular flexibility index (Phi) is 5.99. The average molecular weight is 280 g/mol. The normalized spacial score (nSPS) is 9.53. The van der Waals surface area contributed by atoms with Gasteiger partial charge in [0.15, 0.2) is 6.29 Å². The van der Waals surface area contributed by atoms with Gasteiger partial charge >= 0.3 is 0 Å². The molecule has 0 atom stereocenters. The minimum Gasteiger partial charge on any atom is -0.487 e. The van der Waals surface area contributed by atoms with E-state index in [-0.39, 0.29) is 24.7 Å². The first-order valence-electron chi connectivity index (χ1n) is 5.56. The van der Waals surface area contributed by atoms with E-state index in [1.165, 1.54) is 0 Å². The van der Waals surface area contributed by atoms with Gasteiger partial charge in [-0.15, -0.1) is 12.4 Å². The summed E-state index contributed by atoms with van der Waals surface area (Å²) < 4.78 is 5.54. The molecule has 5 heteroatoms. The van der Waals surface area contributed by atoms with Crippen molar-refractivity contribution in [3.8, 4) is 5.75 Å². The summed E-state index contributed by atoms with van der Waals surface area (Å²) in [5, 5.41) is 8.94. The maximum atomic E-state index is 10.9. The van der Waals surface area contributed by atoms with Crippen LogP contribution in [0.1, 0.15) is 21.7 Å². The molecule has 0 bridgehead atoms. The Balaban J connectivity index is 0.00000180. The fourth-order valence-electron chi connectivity index (χ4n) is 1.53.